The summed E-state index contributed by atoms with van der Waals surface area (Å²) in [4.78, 5) is 25.2. The Labute approximate surface area is 132 Å². The molecule has 2 amide bonds. The van der Waals surface area contributed by atoms with Crippen LogP contribution in [0.5, 0.6) is 5.75 Å². The van der Waals surface area contributed by atoms with Gasteiger partial charge in [-0.05, 0) is 35.5 Å². The summed E-state index contributed by atoms with van der Waals surface area (Å²) in [5.74, 6) is 0.307. The first-order chi connectivity index (χ1) is 10.0. The highest BCUT2D eigenvalue weighted by Gasteiger charge is 2.31. The maximum absolute atomic E-state index is 11.9. The van der Waals surface area contributed by atoms with Crippen LogP contribution in [0.3, 0.4) is 0 Å². The number of primary amides is 1. The molecule has 1 aliphatic heterocycles. The Bertz CT molecular complexity index is 611. The van der Waals surface area contributed by atoms with Crippen molar-refractivity contribution in [3.05, 3.63) is 34.7 Å². The van der Waals surface area contributed by atoms with Crippen LogP contribution in [-0.4, -0.2) is 34.7 Å². The first kappa shape index (κ1) is 15.5. The smallest absolute Gasteiger partial charge is 0.291 e. The van der Waals surface area contributed by atoms with Crippen LogP contribution in [0.2, 0.25) is 0 Å². The van der Waals surface area contributed by atoms with Gasteiger partial charge in [-0.1, -0.05) is 24.4 Å². The lowest BCUT2D eigenvalue weighted by Crippen LogP contribution is -2.30. The van der Waals surface area contributed by atoms with Gasteiger partial charge in [-0.15, -0.1) is 0 Å². The van der Waals surface area contributed by atoms with Crippen LogP contribution < -0.4 is 10.5 Å². The second kappa shape index (κ2) is 6.73. The van der Waals surface area contributed by atoms with E-state index in [1.54, 1.807) is 7.11 Å². The third kappa shape index (κ3) is 3.83. The Morgan fingerprint density at radius 2 is 2.10 bits per heavy atom. The number of hydrogen-bond donors (Lipinski definition) is 1. The predicted octanol–water partition coefficient (Wildman–Crippen LogP) is 2.41. The van der Waals surface area contributed by atoms with E-state index >= 15 is 0 Å². The van der Waals surface area contributed by atoms with Crippen LogP contribution in [0.1, 0.15) is 12.0 Å². The van der Waals surface area contributed by atoms with Crippen LogP contribution in [-0.2, 0) is 4.79 Å². The summed E-state index contributed by atoms with van der Waals surface area (Å²) in [6, 6.07) is 7.43. The molecular weight excluding hydrogens is 308 g/mol. The highest BCUT2D eigenvalue weighted by atomic mass is 32.2. The van der Waals surface area contributed by atoms with E-state index in [2.05, 4.69) is 0 Å². The Kier molecular flexibility index (Phi) is 4.98. The number of methoxy groups -OCH3 is 1. The predicted molar refractivity (Wildman–Crippen MR) is 87.1 cm³/mol. The van der Waals surface area contributed by atoms with Gasteiger partial charge in [0.05, 0.1) is 12.0 Å². The molecule has 0 saturated carbocycles. The van der Waals surface area contributed by atoms with Crippen LogP contribution in [0.15, 0.2) is 29.2 Å². The van der Waals surface area contributed by atoms with Crippen molar-refractivity contribution in [2.75, 3.05) is 13.7 Å². The second-order valence-electron chi connectivity index (χ2n) is 4.32. The molecule has 1 saturated heterocycles. The number of amides is 2. The molecule has 1 aromatic carbocycles. The number of nitrogens with two attached hydrogens (primary N) is 1. The van der Waals surface area contributed by atoms with Crippen LogP contribution in [0.4, 0.5) is 4.79 Å². The zero-order valence-electron chi connectivity index (χ0n) is 11.4. The van der Waals surface area contributed by atoms with Crippen molar-refractivity contribution in [1.29, 1.82) is 0 Å². The minimum absolute atomic E-state index is 0.0995. The minimum atomic E-state index is -0.455. The Hall–Kier alpha value is -1.86. The molecule has 2 rings (SSSR count). The lowest BCUT2D eigenvalue weighted by Gasteiger charge is -2.12. The van der Waals surface area contributed by atoms with Crippen LogP contribution >= 0.6 is 24.0 Å². The number of nitrogens with zero attached hydrogens (tertiary/aromatic N) is 1. The number of hydrogen-bond acceptors (Lipinski definition) is 5. The summed E-state index contributed by atoms with van der Waals surface area (Å²) in [7, 11) is 1.60. The van der Waals surface area contributed by atoms with Gasteiger partial charge in [-0.3, -0.25) is 14.5 Å². The molecule has 0 aromatic heterocycles. The van der Waals surface area contributed by atoms with Gasteiger partial charge in [-0.25, -0.2) is 0 Å². The van der Waals surface area contributed by atoms with Crippen LogP contribution in [0.25, 0.3) is 6.08 Å². The van der Waals surface area contributed by atoms with E-state index in [-0.39, 0.29) is 18.2 Å². The highest BCUT2D eigenvalue weighted by Crippen LogP contribution is 2.33. The lowest BCUT2D eigenvalue weighted by molar-refractivity contribution is -0.118. The first-order valence-corrected chi connectivity index (χ1v) is 7.41. The van der Waals surface area contributed by atoms with E-state index in [4.69, 9.17) is 22.7 Å². The SMILES string of the molecule is COc1ccc(/C=C2\SC(=O)N(CCC(N)=O)C2=S)cc1. The third-order valence-electron chi connectivity index (χ3n) is 2.87. The quantitative estimate of drug-likeness (QED) is 0.666. The Balaban J connectivity index is 2.13. The van der Waals surface area contributed by atoms with E-state index in [1.165, 1.54) is 4.90 Å². The van der Waals surface area contributed by atoms with Gasteiger partial charge in [0.25, 0.3) is 5.24 Å². The third-order valence-corrected chi connectivity index (χ3v) is 4.36. The summed E-state index contributed by atoms with van der Waals surface area (Å²) < 4.78 is 5.09. The summed E-state index contributed by atoms with van der Waals surface area (Å²) in [6.45, 7) is 0.222. The lowest BCUT2D eigenvalue weighted by atomic mass is 10.2. The molecule has 21 heavy (non-hydrogen) atoms. The average Bonchev–Trinajstić information content (AvgIpc) is 2.72. The second-order valence-corrected chi connectivity index (χ2v) is 5.70. The molecule has 0 radical (unpaired) electrons. The normalized spacial score (nSPS) is 16.6. The van der Waals surface area contributed by atoms with Crippen molar-refractivity contribution >= 4 is 46.2 Å². The van der Waals surface area contributed by atoms with Crippen LogP contribution in [0, 0.1) is 0 Å². The topological polar surface area (TPSA) is 72.6 Å². The fourth-order valence-corrected chi connectivity index (χ4v) is 3.06. The summed E-state index contributed by atoms with van der Waals surface area (Å²) in [5.41, 5.74) is 6.02. The number of carbonyl (C=O) groups excluding carboxylic acids is 2. The van der Waals surface area contributed by atoms with Crippen molar-refractivity contribution in [3.63, 3.8) is 0 Å². The zero-order chi connectivity index (χ0) is 15.4. The van der Waals surface area contributed by atoms with Crippen molar-refractivity contribution in [3.8, 4) is 5.75 Å². The molecule has 0 spiro atoms. The van der Waals surface area contributed by atoms with Crippen molar-refractivity contribution in [1.82, 2.24) is 4.90 Å². The number of carbonyl (C=O) groups is 2. The summed E-state index contributed by atoms with van der Waals surface area (Å²) >= 11 is 6.34. The molecule has 1 fully saturated rings. The fraction of sp³-hybridized carbons (Fsp3) is 0.214. The van der Waals surface area contributed by atoms with E-state index < -0.39 is 5.91 Å². The number of ether oxygens (including phenoxy) is 1. The summed E-state index contributed by atoms with van der Waals surface area (Å²) in [6.07, 6.45) is 1.94. The maximum atomic E-state index is 11.9. The average molecular weight is 322 g/mol. The minimum Gasteiger partial charge on any atom is -0.497 e. The molecule has 5 nitrogen and oxygen atoms in total. The van der Waals surface area contributed by atoms with E-state index in [9.17, 15) is 9.59 Å². The molecule has 7 heteroatoms. The van der Waals surface area contributed by atoms with Gasteiger partial charge in [0.2, 0.25) is 5.91 Å². The molecule has 1 aliphatic rings. The molecule has 1 aromatic rings. The van der Waals surface area contributed by atoms with Gasteiger partial charge >= 0.3 is 0 Å². The molecule has 110 valence electrons. The first-order valence-electron chi connectivity index (χ1n) is 6.19. The highest BCUT2D eigenvalue weighted by molar-refractivity contribution is 8.19. The monoisotopic (exact) mass is 322 g/mol. The van der Waals surface area contributed by atoms with Gasteiger partial charge in [0, 0.05) is 13.0 Å². The molecule has 2 N–H and O–H groups in total. The maximum Gasteiger partial charge on any atom is 0.291 e. The summed E-state index contributed by atoms with van der Waals surface area (Å²) in [5, 5.41) is -0.180. The standard InChI is InChI=1S/C14H14N2O3S2/c1-19-10-4-2-9(3-5-10)8-11-13(20)16(14(18)21-11)7-6-12(15)17/h2-5,8H,6-7H2,1H3,(H2,15,17)/b11-8-. The molecule has 0 aliphatic carbocycles. The number of thioether (sulfide) groups is 1. The Morgan fingerprint density at radius 1 is 1.43 bits per heavy atom. The van der Waals surface area contributed by atoms with Gasteiger partial charge < -0.3 is 10.5 Å². The largest absolute Gasteiger partial charge is 0.497 e. The molecule has 0 atom stereocenters. The fourth-order valence-electron chi connectivity index (χ4n) is 1.77. The van der Waals surface area contributed by atoms with Gasteiger partial charge in [-0.2, -0.15) is 0 Å². The van der Waals surface area contributed by atoms with Gasteiger partial charge in [0.1, 0.15) is 10.7 Å². The molecular formula is C14H14N2O3S2. The molecule has 0 bridgehead atoms. The van der Waals surface area contributed by atoms with E-state index in [0.717, 1.165) is 23.1 Å². The van der Waals surface area contributed by atoms with Crippen molar-refractivity contribution < 1.29 is 14.3 Å². The number of rotatable bonds is 5. The van der Waals surface area contributed by atoms with Crippen molar-refractivity contribution in [2.24, 2.45) is 5.73 Å². The Morgan fingerprint density at radius 3 is 2.67 bits per heavy atom. The zero-order valence-corrected chi connectivity index (χ0v) is 13.0. The van der Waals surface area contributed by atoms with E-state index in [0.29, 0.717) is 9.89 Å². The van der Waals surface area contributed by atoms with Gasteiger partial charge in [0.15, 0.2) is 0 Å². The molecule has 0 unspecified atom stereocenters. The van der Waals surface area contributed by atoms with E-state index in [1.807, 2.05) is 30.3 Å². The number of thiocarbonyl (C=S) groups is 1. The number of benzene rings is 1. The molecule has 1 heterocycles. The van der Waals surface area contributed by atoms with Crippen molar-refractivity contribution in [2.45, 2.75) is 6.42 Å².